The van der Waals surface area contributed by atoms with Gasteiger partial charge in [-0.1, -0.05) is 25.5 Å². The van der Waals surface area contributed by atoms with Crippen molar-refractivity contribution in [2.75, 3.05) is 18.0 Å². The molecule has 0 aliphatic rings. The standard InChI is InChI=1S/C15H22N2O2/c1-4-5-9-16-15(19)11-17(13(3)18)14-8-6-7-12(2)10-14/h6-8,10H,4-5,9,11H2,1-3H3,(H,16,19). The minimum atomic E-state index is -0.128. The third-order valence-corrected chi connectivity index (χ3v) is 2.85. The van der Waals surface area contributed by atoms with Crippen molar-refractivity contribution in [2.45, 2.75) is 33.6 Å². The first-order chi connectivity index (χ1) is 9.04. The minimum Gasteiger partial charge on any atom is -0.355 e. The van der Waals surface area contributed by atoms with Crippen molar-refractivity contribution in [3.05, 3.63) is 29.8 Å². The summed E-state index contributed by atoms with van der Waals surface area (Å²) in [5.41, 5.74) is 1.83. The fourth-order valence-corrected chi connectivity index (χ4v) is 1.78. The highest BCUT2D eigenvalue weighted by Gasteiger charge is 2.15. The molecule has 0 aliphatic heterocycles. The molecule has 0 saturated carbocycles. The number of anilines is 1. The van der Waals surface area contributed by atoms with Gasteiger partial charge in [-0.3, -0.25) is 9.59 Å². The summed E-state index contributed by atoms with van der Waals surface area (Å²) in [4.78, 5) is 24.9. The highest BCUT2D eigenvalue weighted by Crippen LogP contribution is 2.15. The van der Waals surface area contributed by atoms with Gasteiger partial charge >= 0.3 is 0 Å². The van der Waals surface area contributed by atoms with Crippen LogP contribution in [0.3, 0.4) is 0 Å². The van der Waals surface area contributed by atoms with E-state index in [9.17, 15) is 9.59 Å². The molecule has 0 unspecified atom stereocenters. The fraction of sp³-hybridized carbons (Fsp3) is 0.467. The van der Waals surface area contributed by atoms with E-state index in [0.717, 1.165) is 24.1 Å². The number of nitrogens with one attached hydrogen (secondary N) is 1. The molecule has 1 aromatic rings. The Balaban J connectivity index is 2.68. The van der Waals surface area contributed by atoms with Gasteiger partial charge in [-0.2, -0.15) is 0 Å². The maximum atomic E-state index is 11.8. The van der Waals surface area contributed by atoms with Gasteiger partial charge in [0.15, 0.2) is 0 Å². The van der Waals surface area contributed by atoms with Crippen molar-refractivity contribution >= 4 is 17.5 Å². The average molecular weight is 262 g/mol. The molecule has 0 fully saturated rings. The predicted octanol–water partition coefficient (Wildman–Crippen LogP) is 2.26. The summed E-state index contributed by atoms with van der Waals surface area (Å²) in [6.45, 7) is 6.24. The Morgan fingerprint density at radius 3 is 2.63 bits per heavy atom. The topological polar surface area (TPSA) is 49.4 Å². The number of nitrogens with zero attached hydrogens (tertiary/aromatic N) is 1. The average Bonchev–Trinajstić information content (AvgIpc) is 2.36. The second-order valence-corrected chi connectivity index (χ2v) is 4.65. The van der Waals surface area contributed by atoms with Crippen LogP contribution >= 0.6 is 0 Å². The first kappa shape index (κ1) is 15.2. The van der Waals surface area contributed by atoms with Gasteiger partial charge in [0.05, 0.1) is 0 Å². The SMILES string of the molecule is CCCCNC(=O)CN(C(C)=O)c1cccc(C)c1. The van der Waals surface area contributed by atoms with Gasteiger partial charge in [0.2, 0.25) is 11.8 Å². The largest absolute Gasteiger partial charge is 0.355 e. The summed E-state index contributed by atoms with van der Waals surface area (Å²) in [6, 6.07) is 7.59. The molecule has 0 heterocycles. The van der Waals surface area contributed by atoms with Gasteiger partial charge < -0.3 is 10.2 Å². The van der Waals surface area contributed by atoms with E-state index in [1.54, 1.807) is 0 Å². The molecule has 1 rings (SSSR count). The van der Waals surface area contributed by atoms with Crippen LogP contribution in [0.4, 0.5) is 5.69 Å². The molecular formula is C15H22N2O2. The molecule has 0 aromatic heterocycles. The van der Waals surface area contributed by atoms with Gasteiger partial charge in [0, 0.05) is 19.2 Å². The second-order valence-electron chi connectivity index (χ2n) is 4.65. The van der Waals surface area contributed by atoms with Gasteiger partial charge in [0.1, 0.15) is 6.54 Å². The van der Waals surface area contributed by atoms with E-state index in [-0.39, 0.29) is 18.4 Å². The molecule has 0 radical (unpaired) electrons. The third-order valence-electron chi connectivity index (χ3n) is 2.85. The number of rotatable bonds is 6. The van der Waals surface area contributed by atoms with Crippen molar-refractivity contribution in [3.8, 4) is 0 Å². The van der Waals surface area contributed by atoms with Crippen molar-refractivity contribution in [1.82, 2.24) is 5.32 Å². The molecule has 1 N–H and O–H groups in total. The maximum Gasteiger partial charge on any atom is 0.240 e. The van der Waals surface area contributed by atoms with Crippen LogP contribution in [0, 0.1) is 6.92 Å². The number of hydrogen-bond acceptors (Lipinski definition) is 2. The van der Waals surface area contributed by atoms with Gasteiger partial charge in [-0.25, -0.2) is 0 Å². The molecule has 104 valence electrons. The summed E-state index contributed by atoms with van der Waals surface area (Å²) in [5.74, 6) is -0.249. The lowest BCUT2D eigenvalue weighted by Gasteiger charge is -2.21. The van der Waals surface area contributed by atoms with Crippen LogP contribution in [-0.2, 0) is 9.59 Å². The monoisotopic (exact) mass is 262 g/mol. The summed E-state index contributed by atoms with van der Waals surface area (Å²) >= 11 is 0. The molecule has 0 atom stereocenters. The number of carbonyl (C=O) groups is 2. The zero-order valence-electron chi connectivity index (χ0n) is 11.9. The number of benzene rings is 1. The number of carbonyl (C=O) groups excluding carboxylic acids is 2. The van der Waals surface area contributed by atoms with Crippen LogP contribution in [0.2, 0.25) is 0 Å². The Bertz CT molecular complexity index is 444. The van der Waals surface area contributed by atoms with Crippen LogP contribution in [0.1, 0.15) is 32.3 Å². The van der Waals surface area contributed by atoms with Gasteiger partial charge in [-0.05, 0) is 31.0 Å². The first-order valence-electron chi connectivity index (χ1n) is 6.66. The van der Waals surface area contributed by atoms with Crippen LogP contribution in [0.5, 0.6) is 0 Å². The molecule has 1 aromatic carbocycles. The molecule has 4 nitrogen and oxygen atoms in total. The Morgan fingerprint density at radius 2 is 2.05 bits per heavy atom. The summed E-state index contributed by atoms with van der Waals surface area (Å²) in [7, 11) is 0. The fourth-order valence-electron chi connectivity index (χ4n) is 1.78. The lowest BCUT2D eigenvalue weighted by molar-refractivity contribution is -0.123. The lowest BCUT2D eigenvalue weighted by atomic mass is 10.2. The Labute approximate surface area is 114 Å². The highest BCUT2D eigenvalue weighted by molar-refractivity contribution is 5.97. The van der Waals surface area contributed by atoms with Crippen LogP contribution in [0.25, 0.3) is 0 Å². The van der Waals surface area contributed by atoms with E-state index >= 15 is 0 Å². The molecule has 0 aliphatic carbocycles. The van der Waals surface area contributed by atoms with Crippen LogP contribution in [-0.4, -0.2) is 24.9 Å². The second kappa shape index (κ2) is 7.56. The third kappa shape index (κ3) is 5.12. The van der Waals surface area contributed by atoms with Gasteiger partial charge in [-0.15, -0.1) is 0 Å². The number of aryl methyl sites for hydroxylation is 1. The van der Waals surface area contributed by atoms with Crippen molar-refractivity contribution < 1.29 is 9.59 Å². The Kier molecular flexibility index (Phi) is 6.06. The van der Waals surface area contributed by atoms with Crippen molar-refractivity contribution in [2.24, 2.45) is 0 Å². The molecule has 0 saturated heterocycles. The maximum absolute atomic E-state index is 11.8. The number of hydrogen-bond donors (Lipinski definition) is 1. The van der Waals surface area contributed by atoms with Crippen LogP contribution < -0.4 is 10.2 Å². The highest BCUT2D eigenvalue weighted by atomic mass is 16.2. The number of unbranched alkanes of at least 4 members (excludes halogenated alkanes) is 1. The lowest BCUT2D eigenvalue weighted by Crippen LogP contribution is -2.40. The summed E-state index contributed by atoms with van der Waals surface area (Å²) in [5, 5.41) is 2.82. The molecule has 4 heteroatoms. The summed E-state index contributed by atoms with van der Waals surface area (Å²) < 4.78 is 0. The quantitative estimate of drug-likeness (QED) is 0.799. The first-order valence-corrected chi connectivity index (χ1v) is 6.66. The molecule has 0 spiro atoms. The molecule has 0 bridgehead atoms. The molecule has 19 heavy (non-hydrogen) atoms. The van der Waals surface area contributed by atoms with E-state index in [4.69, 9.17) is 0 Å². The van der Waals surface area contributed by atoms with E-state index in [1.165, 1.54) is 11.8 Å². The Hall–Kier alpha value is -1.84. The smallest absolute Gasteiger partial charge is 0.240 e. The van der Waals surface area contributed by atoms with Crippen molar-refractivity contribution in [1.29, 1.82) is 0 Å². The molecular weight excluding hydrogens is 240 g/mol. The Morgan fingerprint density at radius 1 is 1.32 bits per heavy atom. The summed E-state index contributed by atoms with van der Waals surface area (Å²) in [6.07, 6.45) is 1.99. The normalized spacial score (nSPS) is 10.1. The van der Waals surface area contributed by atoms with Gasteiger partial charge in [0.25, 0.3) is 0 Å². The number of amides is 2. The molecule has 2 amide bonds. The van der Waals surface area contributed by atoms with E-state index in [0.29, 0.717) is 6.54 Å². The van der Waals surface area contributed by atoms with Crippen LogP contribution in [0.15, 0.2) is 24.3 Å². The van der Waals surface area contributed by atoms with E-state index in [1.807, 2.05) is 31.2 Å². The minimum absolute atomic E-state index is 0.0719. The van der Waals surface area contributed by atoms with E-state index < -0.39 is 0 Å². The zero-order chi connectivity index (χ0) is 14.3. The zero-order valence-corrected chi connectivity index (χ0v) is 11.9. The van der Waals surface area contributed by atoms with E-state index in [2.05, 4.69) is 12.2 Å². The predicted molar refractivity (Wildman–Crippen MR) is 77.1 cm³/mol. The van der Waals surface area contributed by atoms with Crippen molar-refractivity contribution in [3.63, 3.8) is 0 Å².